The first kappa shape index (κ1) is 25.5. The number of aromatic nitrogens is 2. The highest BCUT2D eigenvalue weighted by molar-refractivity contribution is 7.89. The quantitative estimate of drug-likeness (QED) is 0.557. The minimum Gasteiger partial charge on any atom is -0.451 e. The smallest absolute Gasteiger partial charge is 0.326 e. The van der Waals surface area contributed by atoms with Gasteiger partial charge < -0.3 is 14.6 Å². The fourth-order valence-corrected chi connectivity index (χ4v) is 4.20. The highest BCUT2D eigenvalue weighted by Gasteiger charge is 2.25. The Kier molecular flexibility index (Phi) is 8.13. The van der Waals surface area contributed by atoms with Gasteiger partial charge in [0.05, 0.1) is 4.90 Å². The number of hydrogen-bond acceptors (Lipinski definition) is 8. The molecular formula is C21H30N4O6S. The van der Waals surface area contributed by atoms with Crippen LogP contribution in [-0.2, 0) is 25.0 Å². The number of ether oxygens (including phenoxy) is 1. The number of nitrogens with one attached hydrogen (secondary N) is 1. The zero-order valence-electron chi connectivity index (χ0n) is 19.2. The summed E-state index contributed by atoms with van der Waals surface area (Å²) in [5.74, 6) is -0.550. The number of benzene rings is 1. The van der Waals surface area contributed by atoms with Gasteiger partial charge in [-0.3, -0.25) is 9.59 Å². The first-order chi connectivity index (χ1) is 14.9. The molecule has 0 bridgehead atoms. The summed E-state index contributed by atoms with van der Waals surface area (Å²) in [5.41, 5.74) is -0.0873. The van der Waals surface area contributed by atoms with Crippen molar-refractivity contribution in [2.45, 2.75) is 58.0 Å². The van der Waals surface area contributed by atoms with Crippen molar-refractivity contribution in [3.05, 3.63) is 41.5 Å². The third kappa shape index (κ3) is 6.13. The molecule has 0 aliphatic carbocycles. The molecule has 1 aromatic heterocycles. The van der Waals surface area contributed by atoms with Gasteiger partial charge in [-0.05, 0) is 31.2 Å². The summed E-state index contributed by atoms with van der Waals surface area (Å²) in [5, 5.41) is 6.33. The van der Waals surface area contributed by atoms with Crippen molar-refractivity contribution < 1.29 is 27.3 Å². The van der Waals surface area contributed by atoms with E-state index < -0.39 is 28.0 Å². The molecule has 0 radical (unpaired) electrons. The van der Waals surface area contributed by atoms with E-state index in [1.165, 1.54) is 28.6 Å². The molecular weight excluding hydrogens is 436 g/mol. The average molecular weight is 467 g/mol. The maximum atomic E-state index is 12.5. The third-order valence-corrected chi connectivity index (χ3v) is 6.69. The summed E-state index contributed by atoms with van der Waals surface area (Å²) >= 11 is 0. The van der Waals surface area contributed by atoms with Gasteiger partial charge in [-0.2, -0.15) is 9.29 Å². The van der Waals surface area contributed by atoms with E-state index in [1.807, 2.05) is 20.8 Å². The van der Waals surface area contributed by atoms with E-state index in [0.29, 0.717) is 18.9 Å². The number of esters is 1. The third-order valence-electron chi connectivity index (χ3n) is 4.62. The second-order valence-corrected chi connectivity index (χ2v) is 10.1. The van der Waals surface area contributed by atoms with Crippen LogP contribution in [0.2, 0.25) is 0 Å². The molecule has 1 amide bonds. The molecule has 0 saturated carbocycles. The van der Waals surface area contributed by atoms with E-state index in [1.54, 1.807) is 20.8 Å². The van der Waals surface area contributed by atoms with Crippen LogP contribution in [0.15, 0.2) is 33.7 Å². The minimum atomic E-state index is -3.61. The second kappa shape index (κ2) is 10.2. The van der Waals surface area contributed by atoms with Crippen molar-refractivity contribution in [2.75, 3.05) is 19.6 Å². The average Bonchev–Trinajstić information content (AvgIpc) is 3.24. The summed E-state index contributed by atoms with van der Waals surface area (Å²) in [7, 11) is -3.61. The predicted molar refractivity (Wildman–Crippen MR) is 116 cm³/mol. The van der Waals surface area contributed by atoms with Gasteiger partial charge in [-0.15, -0.1) is 0 Å². The lowest BCUT2D eigenvalue weighted by molar-refractivity contribution is -0.148. The summed E-state index contributed by atoms with van der Waals surface area (Å²) in [6.45, 7) is 11.2. The van der Waals surface area contributed by atoms with Gasteiger partial charge in [0.1, 0.15) is 6.54 Å². The molecule has 0 fully saturated rings. The lowest BCUT2D eigenvalue weighted by Crippen LogP contribution is -2.32. The van der Waals surface area contributed by atoms with E-state index in [2.05, 4.69) is 15.5 Å². The van der Waals surface area contributed by atoms with Crippen molar-refractivity contribution in [1.82, 2.24) is 19.8 Å². The van der Waals surface area contributed by atoms with Crippen LogP contribution in [-0.4, -0.2) is 54.4 Å². The molecule has 1 atom stereocenters. The number of sulfonamides is 1. The highest BCUT2D eigenvalue weighted by atomic mass is 32.2. The Bertz CT molecular complexity index is 1040. The molecule has 11 heteroatoms. The van der Waals surface area contributed by atoms with Crippen molar-refractivity contribution in [3.8, 4) is 0 Å². The molecule has 2 rings (SSSR count). The van der Waals surface area contributed by atoms with E-state index in [-0.39, 0.29) is 28.3 Å². The normalized spacial score (nSPS) is 13.1. The van der Waals surface area contributed by atoms with E-state index >= 15 is 0 Å². The fraction of sp³-hybridized carbons (Fsp3) is 0.524. The Balaban J connectivity index is 1.93. The van der Waals surface area contributed by atoms with Gasteiger partial charge in [0.2, 0.25) is 10.0 Å². The first-order valence-corrected chi connectivity index (χ1v) is 11.8. The number of carbonyl (C=O) groups is 2. The van der Waals surface area contributed by atoms with Crippen molar-refractivity contribution in [2.24, 2.45) is 0 Å². The van der Waals surface area contributed by atoms with Gasteiger partial charge in [-0.1, -0.05) is 39.8 Å². The zero-order valence-corrected chi connectivity index (χ0v) is 20.0. The molecule has 0 aliphatic heterocycles. The van der Waals surface area contributed by atoms with Crippen LogP contribution in [0.25, 0.3) is 0 Å². The number of amides is 1. The molecule has 1 heterocycles. The number of nitrogens with zero attached hydrogens (tertiary/aromatic N) is 3. The van der Waals surface area contributed by atoms with E-state index in [0.717, 1.165) is 0 Å². The van der Waals surface area contributed by atoms with Gasteiger partial charge >= 0.3 is 5.97 Å². The topological polar surface area (TPSA) is 132 Å². The van der Waals surface area contributed by atoms with Gasteiger partial charge in [0, 0.05) is 24.1 Å². The highest BCUT2D eigenvalue weighted by Crippen LogP contribution is 2.22. The standard InChI is InChI=1S/C21H30N4O6S/c1-7-25(8-2)32(28,29)16-11-9-15(10-12-16)18(27)22-13-17(26)30-14(3)19-23-20(24-31-19)21(4,5)6/h9-12,14H,7-8,13H2,1-6H3,(H,22,27). The molecule has 0 saturated heterocycles. The van der Waals surface area contributed by atoms with Gasteiger partial charge in [-0.25, -0.2) is 8.42 Å². The zero-order chi connectivity index (χ0) is 24.1. The molecule has 2 aromatic rings. The summed E-state index contributed by atoms with van der Waals surface area (Å²) in [6, 6.07) is 5.52. The summed E-state index contributed by atoms with van der Waals surface area (Å²) in [4.78, 5) is 28.7. The molecule has 0 aliphatic rings. The monoisotopic (exact) mass is 466 g/mol. The summed E-state index contributed by atoms with van der Waals surface area (Å²) < 4.78 is 36.7. The maximum Gasteiger partial charge on any atom is 0.326 e. The van der Waals surface area contributed by atoms with Crippen molar-refractivity contribution in [1.29, 1.82) is 0 Å². The van der Waals surface area contributed by atoms with Crippen LogP contribution in [0.5, 0.6) is 0 Å². The molecule has 176 valence electrons. The van der Waals surface area contributed by atoms with Gasteiger partial charge in [0.25, 0.3) is 11.8 Å². The Labute approximate surface area is 188 Å². The first-order valence-electron chi connectivity index (χ1n) is 10.3. The van der Waals surface area contributed by atoms with E-state index in [9.17, 15) is 18.0 Å². The van der Waals surface area contributed by atoms with Crippen LogP contribution in [0.4, 0.5) is 0 Å². The lowest BCUT2D eigenvalue weighted by atomic mass is 9.96. The number of hydrogen-bond donors (Lipinski definition) is 1. The Morgan fingerprint density at radius 2 is 1.75 bits per heavy atom. The van der Waals surface area contributed by atoms with Crippen LogP contribution >= 0.6 is 0 Å². The van der Waals surface area contributed by atoms with Crippen LogP contribution in [0.1, 0.15) is 69.7 Å². The molecule has 10 nitrogen and oxygen atoms in total. The SMILES string of the molecule is CCN(CC)S(=O)(=O)c1ccc(C(=O)NCC(=O)OC(C)c2nc(C(C)(C)C)no2)cc1. The second-order valence-electron chi connectivity index (χ2n) is 8.13. The fourth-order valence-electron chi connectivity index (χ4n) is 2.74. The Morgan fingerprint density at radius 3 is 2.25 bits per heavy atom. The molecule has 32 heavy (non-hydrogen) atoms. The van der Waals surface area contributed by atoms with Crippen molar-refractivity contribution in [3.63, 3.8) is 0 Å². The number of carbonyl (C=O) groups excluding carboxylic acids is 2. The minimum absolute atomic E-state index is 0.0974. The van der Waals surface area contributed by atoms with Crippen LogP contribution in [0, 0.1) is 0 Å². The lowest BCUT2D eigenvalue weighted by Gasteiger charge is -2.18. The molecule has 0 spiro atoms. The van der Waals surface area contributed by atoms with Crippen LogP contribution < -0.4 is 5.32 Å². The largest absolute Gasteiger partial charge is 0.451 e. The maximum absolute atomic E-state index is 12.5. The Hall–Kier alpha value is -2.79. The molecule has 1 N–H and O–H groups in total. The van der Waals surface area contributed by atoms with E-state index in [4.69, 9.17) is 9.26 Å². The summed E-state index contributed by atoms with van der Waals surface area (Å²) in [6.07, 6.45) is -0.771. The number of rotatable bonds is 9. The Morgan fingerprint density at radius 1 is 1.16 bits per heavy atom. The molecule has 1 unspecified atom stereocenters. The van der Waals surface area contributed by atoms with Crippen LogP contribution in [0.3, 0.4) is 0 Å². The van der Waals surface area contributed by atoms with Gasteiger partial charge in [0.15, 0.2) is 11.9 Å². The molecule has 1 aromatic carbocycles. The van der Waals surface area contributed by atoms with Crippen molar-refractivity contribution >= 4 is 21.9 Å². The predicted octanol–water partition coefficient (Wildman–Crippen LogP) is 2.43.